The quantitative estimate of drug-likeness (QED) is 0.680. The number of carbonyl (C=O) groups excluding carboxylic acids is 1. The zero-order valence-corrected chi connectivity index (χ0v) is 14.4. The van der Waals surface area contributed by atoms with Crippen molar-refractivity contribution in [1.82, 2.24) is 19.7 Å². The standard InChI is InChI=1S/C17H16N4O2S/c1-11-4-6-13(7-5-11)24-14-10-21(2)20-15(14)16-18-8-12(9-19-16)17(22)23-3/h4-10H,1-3H3. The molecule has 0 aliphatic rings. The molecule has 0 aliphatic carbocycles. The van der Waals surface area contributed by atoms with Crippen molar-refractivity contribution in [3.05, 3.63) is 54.0 Å². The van der Waals surface area contributed by atoms with Gasteiger partial charge in [-0.1, -0.05) is 29.5 Å². The molecule has 24 heavy (non-hydrogen) atoms. The topological polar surface area (TPSA) is 69.9 Å². The Morgan fingerprint density at radius 3 is 2.46 bits per heavy atom. The fraction of sp³-hybridized carbons (Fsp3) is 0.176. The van der Waals surface area contributed by atoms with Crippen molar-refractivity contribution in [3.8, 4) is 11.5 Å². The molecule has 1 aromatic carbocycles. The van der Waals surface area contributed by atoms with E-state index in [1.807, 2.05) is 13.2 Å². The predicted molar refractivity (Wildman–Crippen MR) is 90.9 cm³/mol. The molecule has 3 aromatic rings. The molecule has 0 N–H and O–H groups in total. The van der Waals surface area contributed by atoms with Crippen LogP contribution in [0.2, 0.25) is 0 Å². The van der Waals surface area contributed by atoms with Crippen LogP contribution in [0.3, 0.4) is 0 Å². The fourth-order valence-corrected chi connectivity index (χ4v) is 3.06. The number of ether oxygens (including phenoxy) is 1. The molecule has 0 unspecified atom stereocenters. The molecular formula is C17H16N4O2S. The predicted octanol–water partition coefficient (Wildman–Crippen LogP) is 3.12. The van der Waals surface area contributed by atoms with Crippen LogP contribution >= 0.6 is 11.8 Å². The highest BCUT2D eigenvalue weighted by Gasteiger charge is 2.15. The van der Waals surface area contributed by atoms with Crippen molar-refractivity contribution in [1.29, 1.82) is 0 Å². The second-order valence-electron chi connectivity index (χ2n) is 5.22. The van der Waals surface area contributed by atoms with E-state index in [0.29, 0.717) is 17.1 Å². The van der Waals surface area contributed by atoms with Gasteiger partial charge in [-0.3, -0.25) is 4.68 Å². The second-order valence-corrected chi connectivity index (χ2v) is 6.33. The molecule has 3 rings (SSSR count). The lowest BCUT2D eigenvalue weighted by molar-refractivity contribution is 0.0600. The third kappa shape index (κ3) is 3.46. The molecule has 0 fully saturated rings. The summed E-state index contributed by atoms with van der Waals surface area (Å²) in [6.07, 6.45) is 4.82. The minimum atomic E-state index is -0.461. The average Bonchev–Trinajstić information content (AvgIpc) is 2.96. The summed E-state index contributed by atoms with van der Waals surface area (Å²) < 4.78 is 6.38. The van der Waals surface area contributed by atoms with Crippen LogP contribution in [0.5, 0.6) is 0 Å². The first kappa shape index (κ1) is 16.2. The maximum Gasteiger partial charge on any atom is 0.341 e. The minimum Gasteiger partial charge on any atom is -0.465 e. The lowest BCUT2D eigenvalue weighted by Crippen LogP contribution is -2.03. The Morgan fingerprint density at radius 2 is 1.83 bits per heavy atom. The Kier molecular flexibility index (Phi) is 4.61. The SMILES string of the molecule is COC(=O)c1cnc(-c2nn(C)cc2Sc2ccc(C)cc2)nc1. The largest absolute Gasteiger partial charge is 0.465 e. The number of aromatic nitrogens is 4. The van der Waals surface area contributed by atoms with Crippen molar-refractivity contribution in [2.24, 2.45) is 7.05 Å². The van der Waals surface area contributed by atoms with Crippen LogP contribution in [0.4, 0.5) is 0 Å². The number of hydrogen-bond acceptors (Lipinski definition) is 6. The van der Waals surface area contributed by atoms with E-state index in [9.17, 15) is 4.79 Å². The van der Waals surface area contributed by atoms with E-state index in [1.165, 1.54) is 25.1 Å². The van der Waals surface area contributed by atoms with E-state index in [-0.39, 0.29) is 0 Å². The van der Waals surface area contributed by atoms with Crippen LogP contribution in [-0.4, -0.2) is 32.8 Å². The first-order valence-electron chi connectivity index (χ1n) is 7.25. The summed E-state index contributed by atoms with van der Waals surface area (Å²) in [4.78, 5) is 22.0. The van der Waals surface area contributed by atoms with Gasteiger partial charge in [0.2, 0.25) is 0 Å². The van der Waals surface area contributed by atoms with Gasteiger partial charge in [0, 0.05) is 30.5 Å². The number of aryl methyl sites for hydroxylation is 2. The number of hydrogen-bond donors (Lipinski definition) is 0. The molecule has 0 aliphatic heterocycles. The molecule has 0 spiro atoms. The summed E-state index contributed by atoms with van der Waals surface area (Å²) in [5, 5.41) is 4.44. The highest BCUT2D eigenvalue weighted by Crippen LogP contribution is 2.33. The molecule has 0 atom stereocenters. The van der Waals surface area contributed by atoms with Crippen LogP contribution in [-0.2, 0) is 11.8 Å². The average molecular weight is 340 g/mol. The first-order chi connectivity index (χ1) is 11.6. The minimum absolute atomic E-state index is 0.310. The molecule has 0 amide bonds. The van der Waals surface area contributed by atoms with Crippen LogP contribution in [0.25, 0.3) is 11.5 Å². The molecule has 0 bridgehead atoms. The molecular weight excluding hydrogens is 324 g/mol. The third-order valence-electron chi connectivity index (χ3n) is 3.33. The monoisotopic (exact) mass is 340 g/mol. The number of methoxy groups -OCH3 is 1. The molecule has 6 nitrogen and oxygen atoms in total. The van der Waals surface area contributed by atoms with Gasteiger partial charge in [-0.2, -0.15) is 5.10 Å². The molecule has 2 heterocycles. The van der Waals surface area contributed by atoms with E-state index < -0.39 is 5.97 Å². The van der Waals surface area contributed by atoms with Gasteiger partial charge in [-0.25, -0.2) is 14.8 Å². The van der Waals surface area contributed by atoms with E-state index in [4.69, 9.17) is 0 Å². The third-order valence-corrected chi connectivity index (χ3v) is 4.36. The number of carbonyl (C=O) groups is 1. The van der Waals surface area contributed by atoms with Gasteiger partial charge in [0.05, 0.1) is 17.6 Å². The molecule has 2 aromatic heterocycles. The van der Waals surface area contributed by atoms with E-state index >= 15 is 0 Å². The maximum atomic E-state index is 11.5. The Labute approximate surface area is 143 Å². The van der Waals surface area contributed by atoms with Gasteiger partial charge in [-0.05, 0) is 19.1 Å². The summed E-state index contributed by atoms with van der Waals surface area (Å²) in [7, 11) is 3.18. The molecule has 122 valence electrons. The summed E-state index contributed by atoms with van der Waals surface area (Å²) >= 11 is 1.60. The van der Waals surface area contributed by atoms with Gasteiger partial charge in [0.15, 0.2) is 5.82 Å². The Balaban J connectivity index is 1.91. The van der Waals surface area contributed by atoms with Crippen molar-refractivity contribution < 1.29 is 9.53 Å². The number of benzene rings is 1. The Bertz CT molecular complexity index is 857. The zero-order chi connectivity index (χ0) is 17.1. The molecule has 0 saturated carbocycles. The second kappa shape index (κ2) is 6.84. The van der Waals surface area contributed by atoms with Crippen LogP contribution in [0.15, 0.2) is 52.6 Å². The Morgan fingerprint density at radius 1 is 1.17 bits per heavy atom. The normalized spacial score (nSPS) is 10.6. The van der Waals surface area contributed by atoms with E-state index in [2.05, 4.69) is 51.0 Å². The van der Waals surface area contributed by atoms with Gasteiger partial charge >= 0.3 is 5.97 Å². The maximum absolute atomic E-state index is 11.5. The smallest absolute Gasteiger partial charge is 0.341 e. The van der Waals surface area contributed by atoms with Gasteiger partial charge in [0.25, 0.3) is 0 Å². The van der Waals surface area contributed by atoms with Crippen LogP contribution in [0.1, 0.15) is 15.9 Å². The van der Waals surface area contributed by atoms with Crippen LogP contribution < -0.4 is 0 Å². The van der Waals surface area contributed by atoms with Crippen molar-refractivity contribution >= 4 is 17.7 Å². The summed E-state index contributed by atoms with van der Waals surface area (Å²) in [6, 6.07) is 8.27. The summed E-state index contributed by atoms with van der Waals surface area (Å²) in [5.74, 6) is 0.00897. The Hall–Kier alpha value is -2.67. The van der Waals surface area contributed by atoms with Gasteiger partial charge in [0.1, 0.15) is 5.69 Å². The van der Waals surface area contributed by atoms with Crippen molar-refractivity contribution in [2.75, 3.05) is 7.11 Å². The number of rotatable bonds is 4. The van der Waals surface area contributed by atoms with Crippen molar-refractivity contribution in [2.45, 2.75) is 16.7 Å². The van der Waals surface area contributed by atoms with E-state index in [1.54, 1.807) is 16.4 Å². The highest BCUT2D eigenvalue weighted by molar-refractivity contribution is 7.99. The highest BCUT2D eigenvalue weighted by atomic mass is 32.2. The zero-order valence-electron chi connectivity index (χ0n) is 13.6. The summed E-state index contributed by atoms with van der Waals surface area (Å²) in [6.45, 7) is 2.06. The molecule has 0 radical (unpaired) electrons. The van der Waals surface area contributed by atoms with Gasteiger partial charge < -0.3 is 4.74 Å². The lowest BCUT2D eigenvalue weighted by atomic mass is 10.2. The number of nitrogens with zero attached hydrogens (tertiary/aromatic N) is 4. The lowest BCUT2D eigenvalue weighted by Gasteiger charge is -2.03. The number of esters is 1. The fourth-order valence-electron chi connectivity index (χ4n) is 2.10. The van der Waals surface area contributed by atoms with Crippen LogP contribution in [0, 0.1) is 6.92 Å². The molecule has 0 saturated heterocycles. The van der Waals surface area contributed by atoms with E-state index in [0.717, 1.165) is 9.79 Å². The van der Waals surface area contributed by atoms with Crippen molar-refractivity contribution in [3.63, 3.8) is 0 Å². The first-order valence-corrected chi connectivity index (χ1v) is 8.07. The summed E-state index contributed by atoms with van der Waals surface area (Å²) in [5.41, 5.74) is 2.21. The molecule has 7 heteroatoms. The van der Waals surface area contributed by atoms with Gasteiger partial charge in [-0.15, -0.1) is 0 Å².